The molecule has 0 radical (unpaired) electrons. The Bertz CT molecular complexity index is 894. The normalized spacial score (nSPS) is 11.2. The van der Waals surface area contributed by atoms with E-state index in [1.165, 1.54) is 13.2 Å². The van der Waals surface area contributed by atoms with Gasteiger partial charge in [-0.1, -0.05) is 0 Å². The Morgan fingerprint density at radius 2 is 1.39 bits per heavy atom. The van der Waals surface area contributed by atoms with Crippen LogP contribution in [-0.4, -0.2) is 48.1 Å². The average Bonchev–Trinajstić information content (AvgIpc) is 2.78. The second kappa shape index (κ2) is 11.7. The lowest BCUT2D eigenvalue weighted by atomic mass is 10.1. The van der Waals surface area contributed by atoms with Crippen LogP contribution in [0.15, 0.2) is 35.3 Å². The van der Waals surface area contributed by atoms with Crippen molar-refractivity contribution in [3.05, 3.63) is 41.5 Å². The molecule has 0 fully saturated rings. The Morgan fingerprint density at radius 3 is 1.90 bits per heavy atom. The lowest BCUT2D eigenvalue weighted by Gasteiger charge is -2.17. The summed E-state index contributed by atoms with van der Waals surface area (Å²) in [6, 6.07) is 8.14. The smallest absolute Gasteiger partial charge is 0.387 e. The Morgan fingerprint density at radius 1 is 0.806 bits per heavy atom. The molecule has 0 aliphatic heterocycles. The van der Waals surface area contributed by atoms with Gasteiger partial charge in [-0.25, -0.2) is 0 Å². The van der Waals surface area contributed by atoms with E-state index in [1.807, 2.05) is 0 Å². The number of nitrogens with zero attached hydrogens (tertiary/aromatic N) is 1. The standard InChI is InChI=1S/C21H27F2N3O5/c1-24-21(25-11-13-8-15(27-2)6-7-16(13)31-20(22)23)26-12-14-9-18(29-4)19(30-5)10-17(14)28-3/h6-10,20H,11-12H2,1-5H3,(H2,24,25,26). The Kier molecular flexibility index (Phi) is 8.98. The van der Waals surface area contributed by atoms with Crippen LogP contribution in [0, 0.1) is 0 Å². The highest BCUT2D eigenvalue weighted by Crippen LogP contribution is 2.34. The van der Waals surface area contributed by atoms with Gasteiger partial charge in [-0.15, -0.1) is 0 Å². The number of nitrogens with one attached hydrogen (secondary N) is 2. The topological polar surface area (TPSA) is 82.6 Å². The van der Waals surface area contributed by atoms with E-state index in [2.05, 4.69) is 20.4 Å². The van der Waals surface area contributed by atoms with Crippen molar-refractivity contribution >= 4 is 5.96 Å². The summed E-state index contributed by atoms with van der Waals surface area (Å²) in [7, 11) is 7.76. The highest BCUT2D eigenvalue weighted by molar-refractivity contribution is 5.79. The molecule has 0 atom stereocenters. The van der Waals surface area contributed by atoms with Crippen molar-refractivity contribution < 1.29 is 32.5 Å². The van der Waals surface area contributed by atoms with Crippen LogP contribution in [0.1, 0.15) is 11.1 Å². The molecule has 0 spiro atoms. The highest BCUT2D eigenvalue weighted by atomic mass is 19.3. The Labute approximate surface area is 180 Å². The molecule has 0 unspecified atom stereocenters. The third-order valence-electron chi connectivity index (χ3n) is 4.39. The molecule has 2 aromatic carbocycles. The van der Waals surface area contributed by atoms with Crippen molar-refractivity contribution in [1.82, 2.24) is 10.6 Å². The van der Waals surface area contributed by atoms with Crippen LogP contribution in [-0.2, 0) is 13.1 Å². The summed E-state index contributed by atoms with van der Waals surface area (Å²) in [5, 5.41) is 6.22. The Balaban J connectivity index is 2.11. The fraction of sp³-hybridized carbons (Fsp3) is 0.381. The molecule has 31 heavy (non-hydrogen) atoms. The first-order valence-corrected chi connectivity index (χ1v) is 9.30. The van der Waals surface area contributed by atoms with Crippen molar-refractivity contribution in [3.63, 3.8) is 0 Å². The van der Waals surface area contributed by atoms with E-state index in [0.717, 1.165) is 5.56 Å². The van der Waals surface area contributed by atoms with Crippen molar-refractivity contribution in [2.75, 3.05) is 35.5 Å². The maximum Gasteiger partial charge on any atom is 0.387 e. The average molecular weight is 439 g/mol. The largest absolute Gasteiger partial charge is 0.497 e. The number of methoxy groups -OCH3 is 4. The summed E-state index contributed by atoms with van der Waals surface area (Å²) in [6.45, 7) is -2.38. The van der Waals surface area contributed by atoms with E-state index in [1.54, 1.807) is 52.6 Å². The van der Waals surface area contributed by atoms with Gasteiger partial charge in [-0.05, 0) is 24.3 Å². The number of benzene rings is 2. The summed E-state index contributed by atoms with van der Waals surface area (Å²) >= 11 is 0. The van der Waals surface area contributed by atoms with Gasteiger partial charge in [-0.3, -0.25) is 4.99 Å². The fourth-order valence-electron chi connectivity index (χ4n) is 2.84. The van der Waals surface area contributed by atoms with Gasteiger partial charge in [0.1, 0.15) is 17.2 Å². The predicted octanol–water partition coefficient (Wildman–Crippen LogP) is 3.19. The molecule has 0 aliphatic carbocycles. The number of ether oxygens (including phenoxy) is 5. The summed E-state index contributed by atoms with van der Waals surface area (Å²) in [5.74, 6) is 2.75. The molecule has 170 valence electrons. The third kappa shape index (κ3) is 6.53. The molecule has 8 nitrogen and oxygen atoms in total. The van der Waals surface area contributed by atoms with E-state index in [9.17, 15) is 8.78 Å². The van der Waals surface area contributed by atoms with Gasteiger partial charge < -0.3 is 34.3 Å². The van der Waals surface area contributed by atoms with E-state index < -0.39 is 6.61 Å². The maximum absolute atomic E-state index is 12.7. The van der Waals surface area contributed by atoms with Gasteiger partial charge in [0.25, 0.3) is 0 Å². The zero-order valence-corrected chi connectivity index (χ0v) is 18.1. The number of alkyl halides is 2. The third-order valence-corrected chi connectivity index (χ3v) is 4.39. The van der Waals surface area contributed by atoms with Gasteiger partial charge in [0.05, 0.1) is 28.4 Å². The van der Waals surface area contributed by atoms with Crippen molar-refractivity contribution in [2.45, 2.75) is 19.7 Å². The summed E-state index contributed by atoms with van der Waals surface area (Å²) < 4.78 is 51.2. The van der Waals surface area contributed by atoms with Gasteiger partial charge in [0, 0.05) is 37.3 Å². The number of hydrogen-bond donors (Lipinski definition) is 2. The minimum absolute atomic E-state index is 0.0558. The molecule has 0 amide bonds. The van der Waals surface area contributed by atoms with Crippen LogP contribution in [0.25, 0.3) is 0 Å². The molecule has 0 heterocycles. The van der Waals surface area contributed by atoms with E-state index in [-0.39, 0.29) is 12.3 Å². The quantitative estimate of drug-likeness (QED) is 0.435. The molecular weight excluding hydrogens is 412 g/mol. The molecule has 2 aromatic rings. The molecular formula is C21H27F2N3O5. The van der Waals surface area contributed by atoms with E-state index >= 15 is 0 Å². The molecule has 0 aromatic heterocycles. The molecule has 0 saturated heterocycles. The monoisotopic (exact) mass is 439 g/mol. The molecule has 0 aliphatic rings. The molecule has 2 N–H and O–H groups in total. The lowest BCUT2D eigenvalue weighted by molar-refractivity contribution is -0.0505. The zero-order chi connectivity index (χ0) is 22.8. The number of halogens is 2. The Hall–Kier alpha value is -3.43. The highest BCUT2D eigenvalue weighted by Gasteiger charge is 2.14. The van der Waals surface area contributed by atoms with Crippen LogP contribution >= 0.6 is 0 Å². The molecule has 10 heteroatoms. The van der Waals surface area contributed by atoms with E-state index in [4.69, 9.17) is 18.9 Å². The molecule has 0 saturated carbocycles. The second-order valence-corrected chi connectivity index (χ2v) is 6.15. The van der Waals surface area contributed by atoms with Gasteiger partial charge >= 0.3 is 6.61 Å². The number of aliphatic imine (C=N–C) groups is 1. The summed E-state index contributed by atoms with van der Waals surface area (Å²) in [4.78, 5) is 4.16. The van der Waals surface area contributed by atoms with Gasteiger partial charge in [-0.2, -0.15) is 8.78 Å². The van der Waals surface area contributed by atoms with Crippen LogP contribution in [0.5, 0.6) is 28.7 Å². The van der Waals surface area contributed by atoms with Crippen molar-refractivity contribution in [1.29, 1.82) is 0 Å². The number of rotatable bonds is 10. The summed E-state index contributed by atoms with van der Waals surface area (Å²) in [6.07, 6.45) is 0. The molecule has 2 rings (SSSR count). The lowest BCUT2D eigenvalue weighted by Crippen LogP contribution is -2.36. The first kappa shape index (κ1) is 23.8. The van der Waals surface area contributed by atoms with Gasteiger partial charge in [0.15, 0.2) is 17.5 Å². The fourth-order valence-corrected chi connectivity index (χ4v) is 2.84. The van der Waals surface area contributed by atoms with Crippen LogP contribution in [0.4, 0.5) is 8.78 Å². The zero-order valence-electron chi connectivity index (χ0n) is 18.1. The van der Waals surface area contributed by atoms with Crippen molar-refractivity contribution in [2.24, 2.45) is 4.99 Å². The molecule has 0 bridgehead atoms. The number of guanidine groups is 1. The summed E-state index contributed by atoms with van der Waals surface area (Å²) in [5.41, 5.74) is 1.30. The van der Waals surface area contributed by atoms with Gasteiger partial charge in [0.2, 0.25) is 0 Å². The maximum atomic E-state index is 12.7. The number of hydrogen-bond acceptors (Lipinski definition) is 6. The minimum atomic E-state index is -2.93. The van der Waals surface area contributed by atoms with Crippen LogP contribution in [0.3, 0.4) is 0 Å². The predicted molar refractivity (Wildman–Crippen MR) is 113 cm³/mol. The SMILES string of the molecule is CN=C(NCc1cc(OC)c(OC)cc1OC)NCc1cc(OC)ccc1OC(F)F. The minimum Gasteiger partial charge on any atom is -0.497 e. The first-order valence-electron chi connectivity index (χ1n) is 9.30. The second-order valence-electron chi connectivity index (χ2n) is 6.15. The van der Waals surface area contributed by atoms with E-state index in [0.29, 0.717) is 41.1 Å². The van der Waals surface area contributed by atoms with Crippen LogP contribution < -0.4 is 34.3 Å². The van der Waals surface area contributed by atoms with Crippen LogP contribution in [0.2, 0.25) is 0 Å². The van der Waals surface area contributed by atoms with Crippen molar-refractivity contribution in [3.8, 4) is 28.7 Å². The first-order chi connectivity index (χ1) is 14.9.